The Hall–Kier alpha value is -2.38. The number of thiophene rings is 1. The minimum absolute atomic E-state index is 0.112. The van der Waals surface area contributed by atoms with E-state index >= 15 is 0 Å². The highest BCUT2D eigenvalue weighted by atomic mass is 32.1. The van der Waals surface area contributed by atoms with Crippen LogP contribution in [0.5, 0.6) is 0 Å². The molecule has 1 N–H and O–H groups in total. The van der Waals surface area contributed by atoms with Crippen LogP contribution in [0, 0.1) is 39.0 Å². The standard InChI is InChI=1S/C18H18N2OS/c1-11-7-12(2)17(13(3)8-11)20-18(21)15(10-19)9-16-6-5-14(4)22-16/h5-9H,1-4H3,(H,20,21). The first-order valence-electron chi connectivity index (χ1n) is 6.98. The maximum Gasteiger partial charge on any atom is 0.266 e. The fraction of sp³-hybridized carbons (Fsp3) is 0.222. The molecule has 0 unspecified atom stereocenters. The molecule has 0 atom stereocenters. The van der Waals surface area contributed by atoms with Crippen LogP contribution in [0.2, 0.25) is 0 Å². The van der Waals surface area contributed by atoms with Crippen LogP contribution in [-0.4, -0.2) is 5.91 Å². The van der Waals surface area contributed by atoms with Crippen molar-refractivity contribution in [1.29, 1.82) is 5.26 Å². The first-order chi connectivity index (χ1) is 10.4. The number of carbonyl (C=O) groups is 1. The smallest absolute Gasteiger partial charge is 0.266 e. The second-order valence-corrected chi connectivity index (χ2v) is 6.67. The van der Waals surface area contributed by atoms with E-state index in [9.17, 15) is 10.1 Å². The van der Waals surface area contributed by atoms with Gasteiger partial charge >= 0.3 is 0 Å². The Morgan fingerprint density at radius 2 is 1.82 bits per heavy atom. The predicted octanol–water partition coefficient (Wildman–Crippen LogP) is 4.53. The van der Waals surface area contributed by atoms with E-state index in [0.29, 0.717) is 0 Å². The number of hydrogen-bond donors (Lipinski definition) is 1. The lowest BCUT2D eigenvalue weighted by molar-refractivity contribution is -0.112. The average molecular weight is 310 g/mol. The molecule has 0 radical (unpaired) electrons. The van der Waals surface area contributed by atoms with Gasteiger partial charge in [0, 0.05) is 15.4 Å². The van der Waals surface area contributed by atoms with Crippen molar-refractivity contribution < 1.29 is 4.79 Å². The monoisotopic (exact) mass is 310 g/mol. The van der Waals surface area contributed by atoms with Crippen LogP contribution in [0.25, 0.3) is 6.08 Å². The Balaban J connectivity index is 2.28. The summed E-state index contributed by atoms with van der Waals surface area (Å²) in [6.07, 6.45) is 1.63. The quantitative estimate of drug-likeness (QED) is 0.669. The summed E-state index contributed by atoms with van der Waals surface area (Å²) in [5.74, 6) is -0.372. The van der Waals surface area contributed by atoms with E-state index in [1.54, 1.807) is 17.4 Å². The van der Waals surface area contributed by atoms with E-state index in [1.807, 2.05) is 58.0 Å². The van der Waals surface area contributed by atoms with Gasteiger partial charge in [0.1, 0.15) is 11.6 Å². The molecule has 2 aromatic rings. The zero-order chi connectivity index (χ0) is 16.3. The fourth-order valence-corrected chi connectivity index (χ4v) is 3.20. The molecule has 2 rings (SSSR count). The van der Waals surface area contributed by atoms with Crippen molar-refractivity contribution in [2.75, 3.05) is 5.32 Å². The molecule has 0 spiro atoms. The summed E-state index contributed by atoms with van der Waals surface area (Å²) in [5.41, 5.74) is 4.03. The van der Waals surface area contributed by atoms with Crippen molar-refractivity contribution >= 4 is 29.0 Å². The molecule has 0 aliphatic carbocycles. The van der Waals surface area contributed by atoms with Crippen molar-refractivity contribution in [2.45, 2.75) is 27.7 Å². The van der Waals surface area contributed by atoms with Gasteiger partial charge in [-0.2, -0.15) is 5.26 Å². The number of amides is 1. The number of anilines is 1. The Bertz CT molecular complexity index is 771. The van der Waals surface area contributed by atoms with E-state index in [-0.39, 0.29) is 11.5 Å². The van der Waals surface area contributed by atoms with Gasteiger partial charge in [0.25, 0.3) is 5.91 Å². The van der Waals surface area contributed by atoms with Gasteiger partial charge in [-0.1, -0.05) is 17.7 Å². The van der Waals surface area contributed by atoms with Gasteiger partial charge < -0.3 is 5.32 Å². The second kappa shape index (κ2) is 6.59. The van der Waals surface area contributed by atoms with E-state index < -0.39 is 0 Å². The third kappa shape index (κ3) is 3.63. The van der Waals surface area contributed by atoms with Gasteiger partial charge in [-0.15, -0.1) is 11.3 Å². The molecule has 22 heavy (non-hydrogen) atoms. The molecule has 0 aliphatic rings. The van der Waals surface area contributed by atoms with Crippen LogP contribution >= 0.6 is 11.3 Å². The second-order valence-electron chi connectivity index (χ2n) is 5.35. The molecular weight excluding hydrogens is 292 g/mol. The van der Waals surface area contributed by atoms with Gasteiger partial charge in [0.2, 0.25) is 0 Å². The van der Waals surface area contributed by atoms with Crippen molar-refractivity contribution in [3.8, 4) is 6.07 Å². The van der Waals surface area contributed by atoms with Crippen LogP contribution in [0.15, 0.2) is 29.8 Å². The van der Waals surface area contributed by atoms with Gasteiger partial charge in [-0.25, -0.2) is 0 Å². The zero-order valence-corrected chi connectivity index (χ0v) is 14.0. The van der Waals surface area contributed by atoms with Crippen LogP contribution < -0.4 is 5.32 Å². The number of nitriles is 1. The fourth-order valence-electron chi connectivity index (χ4n) is 2.38. The third-order valence-corrected chi connectivity index (χ3v) is 4.28. The SMILES string of the molecule is Cc1cc(C)c(NC(=O)C(C#N)=Cc2ccc(C)s2)c(C)c1. The third-order valence-electron chi connectivity index (χ3n) is 3.33. The van der Waals surface area contributed by atoms with Crippen molar-refractivity contribution in [2.24, 2.45) is 0 Å². The summed E-state index contributed by atoms with van der Waals surface area (Å²) < 4.78 is 0. The molecular formula is C18H18N2OS. The van der Waals surface area contributed by atoms with Crippen LogP contribution in [0.1, 0.15) is 26.4 Å². The summed E-state index contributed by atoms with van der Waals surface area (Å²) in [6, 6.07) is 9.90. The zero-order valence-electron chi connectivity index (χ0n) is 13.2. The van der Waals surface area contributed by atoms with Crippen LogP contribution in [0.3, 0.4) is 0 Å². The highest BCUT2D eigenvalue weighted by molar-refractivity contribution is 7.12. The molecule has 1 aromatic carbocycles. The molecule has 0 saturated heterocycles. The largest absolute Gasteiger partial charge is 0.321 e. The number of nitrogens with one attached hydrogen (secondary N) is 1. The lowest BCUT2D eigenvalue weighted by atomic mass is 10.0. The van der Waals surface area contributed by atoms with E-state index in [2.05, 4.69) is 5.32 Å². The minimum atomic E-state index is -0.372. The molecule has 0 saturated carbocycles. The minimum Gasteiger partial charge on any atom is -0.321 e. The van der Waals surface area contributed by atoms with Crippen molar-refractivity contribution in [3.05, 3.63) is 56.3 Å². The van der Waals surface area contributed by atoms with Gasteiger partial charge in [-0.05, 0) is 57.0 Å². The number of carbonyl (C=O) groups excluding carboxylic acids is 1. The van der Waals surface area contributed by atoms with Crippen molar-refractivity contribution in [1.82, 2.24) is 0 Å². The molecule has 1 amide bonds. The average Bonchev–Trinajstić information content (AvgIpc) is 2.85. The molecule has 3 nitrogen and oxygen atoms in total. The maximum absolute atomic E-state index is 12.3. The van der Waals surface area contributed by atoms with Gasteiger partial charge in [-0.3, -0.25) is 4.79 Å². The van der Waals surface area contributed by atoms with E-state index in [4.69, 9.17) is 0 Å². The molecule has 4 heteroatoms. The molecule has 1 heterocycles. The van der Waals surface area contributed by atoms with Crippen LogP contribution in [0.4, 0.5) is 5.69 Å². The number of hydrogen-bond acceptors (Lipinski definition) is 3. The Morgan fingerprint density at radius 3 is 2.32 bits per heavy atom. The Kier molecular flexibility index (Phi) is 4.79. The van der Waals surface area contributed by atoms with Crippen molar-refractivity contribution in [3.63, 3.8) is 0 Å². The summed E-state index contributed by atoms with van der Waals surface area (Å²) in [7, 11) is 0. The highest BCUT2D eigenvalue weighted by Crippen LogP contribution is 2.23. The summed E-state index contributed by atoms with van der Waals surface area (Å²) >= 11 is 1.56. The van der Waals surface area contributed by atoms with E-state index in [0.717, 1.165) is 32.1 Å². The van der Waals surface area contributed by atoms with Gasteiger partial charge in [0.15, 0.2) is 0 Å². The number of rotatable bonds is 3. The maximum atomic E-state index is 12.3. The molecule has 0 aliphatic heterocycles. The number of aryl methyl sites for hydroxylation is 4. The van der Waals surface area contributed by atoms with Gasteiger partial charge in [0.05, 0.1) is 0 Å². The highest BCUT2D eigenvalue weighted by Gasteiger charge is 2.13. The molecule has 1 aromatic heterocycles. The summed E-state index contributed by atoms with van der Waals surface area (Å²) in [4.78, 5) is 14.4. The first kappa shape index (κ1) is 16.0. The van der Waals surface area contributed by atoms with Crippen LogP contribution in [-0.2, 0) is 4.79 Å². The Labute approximate surface area is 134 Å². The normalized spacial score (nSPS) is 11.1. The lowest BCUT2D eigenvalue weighted by Crippen LogP contribution is -2.15. The number of nitrogens with zero attached hydrogens (tertiary/aromatic N) is 1. The lowest BCUT2D eigenvalue weighted by Gasteiger charge is -2.12. The summed E-state index contributed by atoms with van der Waals surface area (Å²) in [6.45, 7) is 7.92. The summed E-state index contributed by atoms with van der Waals surface area (Å²) in [5, 5.41) is 12.1. The molecule has 112 valence electrons. The molecule has 0 fully saturated rings. The first-order valence-corrected chi connectivity index (χ1v) is 7.80. The van der Waals surface area contributed by atoms with E-state index in [1.165, 1.54) is 0 Å². The molecule has 0 bridgehead atoms. The predicted molar refractivity (Wildman–Crippen MR) is 91.9 cm³/mol. The number of benzene rings is 1. The topological polar surface area (TPSA) is 52.9 Å². The Morgan fingerprint density at radius 1 is 1.18 bits per heavy atom.